The Hall–Kier alpha value is -1.68. The second-order valence-corrected chi connectivity index (χ2v) is 5.91. The molecule has 0 bridgehead atoms. The van der Waals surface area contributed by atoms with Gasteiger partial charge < -0.3 is 4.84 Å². The maximum atomic E-state index is 12.2. The summed E-state index contributed by atoms with van der Waals surface area (Å²) < 4.78 is 0. The molecule has 0 heterocycles. The number of hydrogen-bond acceptors (Lipinski definition) is 4. The van der Waals surface area contributed by atoms with E-state index in [1.807, 2.05) is 6.92 Å². The van der Waals surface area contributed by atoms with Gasteiger partial charge in [-0.25, -0.2) is 4.79 Å². The van der Waals surface area contributed by atoms with Gasteiger partial charge >= 0.3 is 5.97 Å². The Balaban J connectivity index is 1.97. The molecule has 0 saturated heterocycles. The molecule has 0 amide bonds. The Labute approximate surface area is 132 Å². The second kappa shape index (κ2) is 8.69. The predicted molar refractivity (Wildman–Crippen MR) is 85.7 cm³/mol. The first-order valence-corrected chi connectivity index (χ1v) is 8.31. The smallest absolute Gasteiger partial charge is 0.357 e. The number of hydroxylamine groups is 1. The van der Waals surface area contributed by atoms with Gasteiger partial charge in [0.05, 0.1) is 5.56 Å². The highest BCUT2D eigenvalue weighted by Crippen LogP contribution is 2.18. The van der Waals surface area contributed by atoms with Crippen LogP contribution in [0.1, 0.15) is 79.0 Å². The van der Waals surface area contributed by atoms with Crippen molar-refractivity contribution < 1.29 is 14.4 Å². The zero-order valence-electron chi connectivity index (χ0n) is 13.3. The van der Waals surface area contributed by atoms with Crippen molar-refractivity contribution in [3.8, 4) is 0 Å². The van der Waals surface area contributed by atoms with Gasteiger partial charge in [0.15, 0.2) is 5.78 Å². The SMILES string of the molecule is CCCCC(=O)c1ccccc1C(=O)ONC1CCCCC1. The van der Waals surface area contributed by atoms with Crippen LogP contribution < -0.4 is 5.48 Å². The monoisotopic (exact) mass is 303 g/mol. The Morgan fingerprint density at radius 2 is 1.82 bits per heavy atom. The zero-order chi connectivity index (χ0) is 15.8. The normalized spacial score (nSPS) is 15.5. The zero-order valence-corrected chi connectivity index (χ0v) is 13.3. The summed E-state index contributed by atoms with van der Waals surface area (Å²) in [5.74, 6) is -0.460. The van der Waals surface area contributed by atoms with Crippen molar-refractivity contribution in [1.29, 1.82) is 0 Å². The minimum absolute atomic E-state index is 0.00654. The molecule has 4 nitrogen and oxygen atoms in total. The van der Waals surface area contributed by atoms with Crippen LogP contribution in [0.3, 0.4) is 0 Å². The summed E-state index contributed by atoms with van der Waals surface area (Å²) in [4.78, 5) is 29.7. The minimum Gasteiger partial charge on any atom is -0.366 e. The largest absolute Gasteiger partial charge is 0.366 e. The number of nitrogens with one attached hydrogen (secondary N) is 1. The third-order valence-corrected chi connectivity index (χ3v) is 4.13. The van der Waals surface area contributed by atoms with Gasteiger partial charge in [-0.2, -0.15) is 0 Å². The van der Waals surface area contributed by atoms with E-state index in [4.69, 9.17) is 4.84 Å². The van der Waals surface area contributed by atoms with E-state index in [0.29, 0.717) is 17.5 Å². The number of ketones is 1. The van der Waals surface area contributed by atoms with Gasteiger partial charge in [-0.1, -0.05) is 50.8 Å². The van der Waals surface area contributed by atoms with Crippen LogP contribution in [-0.4, -0.2) is 17.8 Å². The van der Waals surface area contributed by atoms with E-state index in [0.717, 1.165) is 25.7 Å². The average molecular weight is 303 g/mol. The second-order valence-electron chi connectivity index (χ2n) is 5.91. The molecule has 0 radical (unpaired) electrons. The standard InChI is InChI=1S/C18H25NO3/c1-2-3-13-17(20)15-11-7-8-12-16(15)18(21)22-19-14-9-5-4-6-10-14/h7-8,11-12,14,19H,2-6,9-10,13H2,1H3. The van der Waals surface area contributed by atoms with Crippen molar-refractivity contribution in [3.05, 3.63) is 35.4 Å². The van der Waals surface area contributed by atoms with E-state index in [9.17, 15) is 9.59 Å². The maximum absolute atomic E-state index is 12.2. The molecule has 2 rings (SSSR count). The van der Waals surface area contributed by atoms with Crippen LogP contribution in [0.15, 0.2) is 24.3 Å². The number of carbonyl (C=O) groups is 2. The minimum atomic E-state index is -0.467. The Bertz CT molecular complexity index is 507. The molecule has 0 atom stereocenters. The molecule has 1 aliphatic rings. The van der Waals surface area contributed by atoms with Gasteiger partial charge in [-0.15, -0.1) is 5.48 Å². The van der Waals surface area contributed by atoms with Crippen molar-refractivity contribution in [3.63, 3.8) is 0 Å². The van der Waals surface area contributed by atoms with Gasteiger partial charge in [-0.3, -0.25) is 4.79 Å². The van der Waals surface area contributed by atoms with Gasteiger partial charge in [0.1, 0.15) is 0 Å². The summed E-state index contributed by atoms with van der Waals surface area (Å²) in [7, 11) is 0. The van der Waals surface area contributed by atoms with E-state index < -0.39 is 5.97 Å². The predicted octanol–water partition coefficient (Wildman–Crippen LogP) is 4.05. The van der Waals surface area contributed by atoms with Crippen molar-refractivity contribution in [2.24, 2.45) is 0 Å². The molecule has 120 valence electrons. The molecule has 4 heteroatoms. The maximum Gasteiger partial charge on any atom is 0.357 e. The number of carbonyl (C=O) groups excluding carboxylic acids is 2. The van der Waals surface area contributed by atoms with Crippen LogP contribution in [-0.2, 0) is 4.84 Å². The topological polar surface area (TPSA) is 55.4 Å². The van der Waals surface area contributed by atoms with Crippen molar-refractivity contribution >= 4 is 11.8 Å². The van der Waals surface area contributed by atoms with Crippen LogP contribution in [0.25, 0.3) is 0 Å². The van der Waals surface area contributed by atoms with Crippen LogP contribution in [0.2, 0.25) is 0 Å². The van der Waals surface area contributed by atoms with Crippen LogP contribution in [0.5, 0.6) is 0 Å². The number of Topliss-reactive ketones (excluding diaryl/α,β-unsaturated/α-hetero) is 1. The first-order chi connectivity index (χ1) is 10.7. The lowest BCUT2D eigenvalue weighted by Crippen LogP contribution is -2.33. The third-order valence-electron chi connectivity index (χ3n) is 4.13. The molecule has 1 fully saturated rings. The van der Waals surface area contributed by atoms with Crippen molar-refractivity contribution in [2.45, 2.75) is 64.3 Å². The van der Waals surface area contributed by atoms with E-state index in [-0.39, 0.29) is 11.8 Å². The van der Waals surface area contributed by atoms with E-state index in [2.05, 4.69) is 5.48 Å². The Morgan fingerprint density at radius 3 is 2.50 bits per heavy atom. The van der Waals surface area contributed by atoms with Gasteiger partial charge in [-0.05, 0) is 25.3 Å². The van der Waals surface area contributed by atoms with Crippen LogP contribution >= 0.6 is 0 Å². The molecule has 1 N–H and O–H groups in total. The lowest BCUT2D eigenvalue weighted by atomic mass is 9.96. The molecule has 0 spiro atoms. The highest BCUT2D eigenvalue weighted by molar-refractivity contribution is 6.06. The summed E-state index contributed by atoms with van der Waals surface area (Å²) in [6.45, 7) is 2.04. The van der Waals surface area contributed by atoms with E-state index in [1.54, 1.807) is 24.3 Å². The summed E-state index contributed by atoms with van der Waals surface area (Å²) >= 11 is 0. The van der Waals surface area contributed by atoms with Crippen molar-refractivity contribution in [2.75, 3.05) is 0 Å². The molecule has 0 aliphatic heterocycles. The lowest BCUT2D eigenvalue weighted by molar-refractivity contribution is 0.0111. The number of hydrogen-bond donors (Lipinski definition) is 1. The number of benzene rings is 1. The molecule has 1 aromatic carbocycles. The van der Waals surface area contributed by atoms with Gasteiger partial charge in [0.2, 0.25) is 0 Å². The quantitative estimate of drug-likeness (QED) is 0.610. The lowest BCUT2D eigenvalue weighted by Gasteiger charge is -2.22. The Morgan fingerprint density at radius 1 is 1.14 bits per heavy atom. The first kappa shape index (κ1) is 16.7. The summed E-state index contributed by atoms with van der Waals surface area (Å²) in [5, 5.41) is 0. The van der Waals surface area contributed by atoms with Gasteiger partial charge in [0.25, 0.3) is 0 Å². The fraction of sp³-hybridized carbons (Fsp3) is 0.556. The van der Waals surface area contributed by atoms with Crippen LogP contribution in [0.4, 0.5) is 0 Å². The highest BCUT2D eigenvalue weighted by Gasteiger charge is 2.20. The molecule has 0 unspecified atom stereocenters. The summed E-state index contributed by atoms with van der Waals surface area (Å²) in [5.41, 5.74) is 3.69. The van der Waals surface area contributed by atoms with E-state index in [1.165, 1.54) is 19.3 Å². The fourth-order valence-electron chi connectivity index (χ4n) is 2.79. The molecule has 1 aliphatic carbocycles. The third kappa shape index (κ3) is 4.67. The first-order valence-electron chi connectivity index (χ1n) is 8.31. The Kier molecular flexibility index (Phi) is 6.59. The van der Waals surface area contributed by atoms with Crippen LogP contribution in [0, 0.1) is 0 Å². The molecular weight excluding hydrogens is 278 g/mol. The summed E-state index contributed by atoms with van der Waals surface area (Å²) in [6, 6.07) is 7.14. The number of unbranched alkanes of at least 4 members (excludes halogenated alkanes) is 1. The molecule has 0 aromatic heterocycles. The molecule has 22 heavy (non-hydrogen) atoms. The summed E-state index contributed by atoms with van der Waals surface area (Å²) in [6.07, 6.45) is 7.92. The highest BCUT2D eigenvalue weighted by atomic mass is 16.7. The molecular formula is C18H25NO3. The molecule has 1 saturated carbocycles. The number of rotatable bonds is 7. The molecule has 1 aromatic rings. The average Bonchev–Trinajstić information content (AvgIpc) is 2.58. The van der Waals surface area contributed by atoms with Gasteiger partial charge in [0, 0.05) is 18.0 Å². The van der Waals surface area contributed by atoms with E-state index >= 15 is 0 Å². The van der Waals surface area contributed by atoms with Crippen molar-refractivity contribution in [1.82, 2.24) is 5.48 Å². The fourth-order valence-corrected chi connectivity index (χ4v) is 2.79.